The van der Waals surface area contributed by atoms with Crippen molar-refractivity contribution in [1.29, 1.82) is 5.26 Å². The van der Waals surface area contributed by atoms with E-state index in [9.17, 15) is 19.6 Å². The minimum atomic E-state index is -0.966. The highest BCUT2D eigenvalue weighted by molar-refractivity contribution is 7.78. The van der Waals surface area contributed by atoms with E-state index >= 15 is 0 Å². The van der Waals surface area contributed by atoms with Crippen LogP contribution in [-0.2, 0) is 22.6 Å². The zero-order valence-electron chi connectivity index (χ0n) is 25.0. The Morgan fingerprint density at radius 1 is 0.674 bits per heavy atom. The Morgan fingerprint density at radius 3 is 1.67 bits per heavy atom. The Bertz CT molecular complexity index is 1820. The maximum Gasteiger partial charge on any atom is 0.254 e. The summed E-state index contributed by atoms with van der Waals surface area (Å²) in [6.45, 7) is -0.163. The van der Waals surface area contributed by atoms with Crippen LogP contribution in [-0.4, -0.2) is 35.2 Å². The smallest absolute Gasteiger partial charge is 0.254 e. The van der Waals surface area contributed by atoms with Crippen LogP contribution < -0.4 is 10.0 Å². The Hall–Kier alpha value is -5.65. The lowest BCUT2D eigenvalue weighted by molar-refractivity contribution is -0.128. The van der Waals surface area contributed by atoms with Crippen LogP contribution in [0.1, 0.15) is 27.0 Å². The molecule has 3 amide bonds. The molecular formula is C38H32N4O3S. The quantitative estimate of drug-likeness (QED) is 0.152. The Balaban J connectivity index is 1.50. The van der Waals surface area contributed by atoms with Gasteiger partial charge in [0.15, 0.2) is 0 Å². The summed E-state index contributed by atoms with van der Waals surface area (Å²) in [5.74, 6) is -1.34. The molecule has 0 fully saturated rings. The summed E-state index contributed by atoms with van der Waals surface area (Å²) in [5, 5.41) is 12.0. The molecule has 5 rings (SSSR count). The summed E-state index contributed by atoms with van der Waals surface area (Å²) in [6, 6.07) is 43.1. The van der Waals surface area contributed by atoms with Crippen molar-refractivity contribution >= 4 is 30.5 Å². The van der Waals surface area contributed by atoms with Gasteiger partial charge in [-0.25, -0.2) is 0 Å². The predicted octanol–water partition coefficient (Wildman–Crippen LogP) is 6.22. The molecule has 0 aliphatic carbocycles. The summed E-state index contributed by atoms with van der Waals surface area (Å²) in [6.07, 6.45) is 0.202. The van der Waals surface area contributed by atoms with E-state index in [0.29, 0.717) is 11.1 Å². The van der Waals surface area contributed by atoms with Gasteiger partial charge in [-0.3, -0.25) is 14.4 Å². The first-order valence-corrected chi connectivity index (χ1v) is 15.2. The fourth-order valence-electron chi connectivity index (χ4n) is 5.16. The highest BCUT2D eigenvalue weighted by atomic mass is 32.1. The molecule has 0 aliphatic heterocycles. The number of nitriles is 1. The van der Waals surface area contributed by atoms with Crippen molar-refractivity contribution in [3.63, 3.8) is 0 Å². The topological polar surface area (TPSA) is 102 Å². The number of benzene rings is 5. The van der Waals surface area contributed by atoms with E-state index in [1.54, 1.807) is 24.3 Å². The second kappa shape index (κ2) is 15.4. The molecule has 0 radical (unpaired) electrons. The van der Waals surface area contributed by atoms with Gasteiger partial charge in [-0.1, -0.05) is 122 Å². The maximum absolute atomic E-state index is 14.2. The van der Waals surface area contributed by atoms with Crippen molar-refractivity contribution < 1.29 is 14.4 Å². The minimum absolute atomic E-state index is 0.132. The largest absolute Gasteiger partial charge is 0.345 e. The van der Waals surface area contributed by atoms with Crippen LogP contribution in [0.4, 0.5) is 0 Å². The Labute approximate surface area is 274 Å². The van der Waals surface area contributed by atoms with Crippen molar-refractivity contribution in [2.24, 2.45) is 0 Å². The second-order valence-corrected chi connectivity index (χ2v) is 10.9. The Morgan fingerprint density at radius 2 is 1.17 bits per heavy atom. The lowest BCUT2D eigenvalue weighted by Crippen LogP contribution is -2.51. The van der Waals surface area contributed by atoms with Crippen LogP contribution in [0, 0.1) is 11.3 Å². The molecule has 2 N–H and O–H groups in total. The van der Waals surface area contributed by atoms with Gasteiger partial charge in [0.1, 0.15) is 6.04 Å². The number of nitrogens with zero attached hydrogens (tertiary/aromatic N) is 2. The van der Waals surface area contributed by atoms with Crippen LogP contribution in [0.5, 0.6) is 0 Å². The molecule has 228 valence electrons. The van der Waals surface area contributed by atoms with Gasteiger partial charge in [0, 0.05) is 18.5 Å². The van der Waals surface area contributed by atoms with Gasteiger partial charge in [-0.15, -0.1) is 0 Å². The number of carbonyl (C=O) groups is 3. The second-order valence-electron chi connectivity index (χ2n) is 10.7. The summed E-state index contributed by atoms with van der Waals surface area (Å²) in [5.41, 5.74) is 6.62. The first-order chi connectivity index (χ1) is 22.4. The molecule has 0 saturated heterocycles. The van der Waals surface area contributed by atoms with E-state index in [1.165, 1.54) is 4.90 Å². The van der Waals surface area contributed by atoms with Crippen LogP contribution in [0.25, 0.3) is 22.3 Å². The lowest BCUT2D eigenvalue weighted by Gasteiger charge is -2.31. The molecule has 5 aromatic rings. The normalized spacial score (nSPS) is 11.1. The van der Waals surface area contributed by atoms with E-state index in [2.05, 4.69) is 28.9 Å². The third-order valence-corrected chi connectivity index (χ3v) is 7.90. The molecule has 1 atom stereocenters. The molecule has 0 heterocycles. The van der Waals surface area contributed by atoms with Gasteiger partial charge in [0.05, 0.1) is 18.2 Å². The van der Waals surface area contributed by atoms with Crippen molar-refractivity contribution in [2.75, 3.05) is 6.54 Å². The summed E-state index contributed by atoms with van der Waals surface area (Å²) in [7, 11) is 0. The van der Waals surface area contributed by atoms with Crippen molar-refractivity contribution in [3.05, 3.63) is 156 Å². The molecular weight excluding hydrogens is 593 g/mol. The Kier molecular flexibility index (Phi) is 10.6. The molecule has 8 heteroatoms. The molecule has 0 spiro atoms. The van der Waals surface area contributed by atoms with Crippen molar-refractivity contribution in [2.45, 2.75) is 19.0 Å². The van der Waals surface area contributed by atoms with Crippen LogP contribution >= 0.6 is 12.8 Å². The summed E-state index contributed by atoms with van der Waals surface area (Å²) >= 11 is 3.79. The van der Waals surface area contributed by atoms with Crippen LogP contribution in [0.2, 0.25) is 0 Å². The van der Waals surface area contributed by atoms with Crippen LogP contribution in [0.15, 0.2) is 133 Å². The van der Waals surface area contributed by atoms with Crippen molar-refractivity contribution in [3.8, 4) is 28.3 Å². The average molecular weight is 625 g/mol. The maximum atomic E-state index is 14.2. The molecule has 1 unspecified atom stereocenters. The number of carbonyl (C=O) groups excluding carboxylic acids is 3. The highest BCUT2D eigenvalue weighted by Gasteiger charge is 2.31. The molecule has 7 nitrogen and oxygen atoms in total. The predicted molar refractivity (Wildman–Crippen MR) is 182 cm³/mol. The number of amides is 3. The molecule has 0 aliphatic rings. The summed E-state index contributed by atoms with van der Waals surface area (Å²) < 4.78 is 2.21. The molecule has 0 aromatic heterocycles. The lowest BCUT2D eigenvalue weighted by atomic mass is 9.98. The van der Waals surface area contributed by atoms with E-state index < -0.39 is 17.9 Å². The van der Waals surface area contributed by atoms with E-state index in [1.807, 2.05) is 109 Å². The SMILES string of the molecule is N#Cc1ccc(C(=O)N(Cc2ccc(-c3ccccc3)cc2)C(Cc2ccc(-c3ccccc3)cc2)C(=O)NCC(=O)NS)cc1. The van der Waals surface area contributed by atoms with Gasteiger partial charge in [0.2, 0.25) is 11.8 Å². The summed E-state index contributed by atoms with van der Waals surface area (Å²) in [4.78, 5) is 41.5. The zero-order valence-corrected chi connectivity index (χ0v) is 25.9. The number of rotatable bonds is 11. The first kappa shape index (κ1) is 31.8. The third-order valence-electron chi connectivity index (χ3n) is 7.65. The van der Waals surface area contributed by atoms with Gasteiger partial charge in [-0.2, -0.15) is 5.26 Å². The van der Waals surface area contributed by atoms with E-state index in [-0.39, 0.29) is 25.4 Å². The van der Waals surface area contributed by atoms with E-state index in [4.69, 9.17) is 0 Å². The average Bonchev–Trinajstić information content (AvgIpc) is 3.13. The molecule has 0 saturated carbocycles. The molecule has 46 heavy (non-hydrogen) atoms. The number of hydrogen-bond donors (Lipinski definition) is 3. The van der Waals surface area contributed by atoms with Gasteiger partial charge in [-0.05, 0) is 57.6 Å². The first-order valence-electron chi connectivity index (χ1n) is 14.8. The standard InChI is InChI=1S/C38H32N4O3S/c39-24-28-13-21-34(22-14-28)38(45)42(26-29-15-19-33(20-16-29)31-9-5-2-6-10-31)35(37(44)40-25-36(43)41-46)23-27-11-17-32(18-12-27)30-7-3-1-4-8-30/h1-22,35,46H,23,25-26H2,(H,40,44)(H,41,43). The molecule has 0 bridgehead atoms. The fraction of sp³-hybridized carbons (Fsp3) is 0.105. The van der Waals surface area contributed by atoms with Gasteiger partial charge < -0.3 is 14.9 Å². The number of hydrogen-bond acceptors (Lipinski definition) is 5. The van der Waals surface area contributed by atoms with Crippen molar-refractivity contribution in [1.82, 2.24) is 14.9 Å². The zero-order chi connectivity index (χ0) is 32.3. The molecule has 5 aromatic carbocycles. The van der Waals surface area contributed by atoms with Gasteiger partial charge in [0.25, 0.3) is 5.91 Å². The third kappa shape index (κ3) is 8.08. The monoisotopic (exact) mass is 624 g/mol. The van der Waals surface area contributed by atoms with Crippen LogP contribution in [0.3, 0.4) is 0 Å². The highest BCUT2D eigenvalue weighted by Crippen LogP contribution is 2.24. The fourth-order valence-corrected chi connectivity index (χ4v) is 5.24. The number of nitrogens with one attached hydrogen (secondary N) is 2. The minimum Gasteiger partial charge on any atom is -0.345 e. The van der Waals surface area contributed by atoms with Gasteiger partial charge >= 0.3 is 0 Å². The number of thiol groups is 1. The van der Waals surface area contributed by atoms with E-state index in [0.717, 1.165) is 33.4 Å².